The van der Waals surface area contributed by atoms with Crippen molar-refractivity contribution >= 4 is 23.3 Å². The van der Waals surface area contributed by atoms with Crippen LogP contribution in [0.2, 0.25) is 0 Å². The minimum atomic E-state index is -1.32. The van der Waals surface area contributed by atoms with E-state index in [-0.39, 0.29) is 12.5 Å². The van der Waals surface area contributed by atoms with Crippen molar-refractivity contribution < 1.29 is 18.7 Å². The number of nitrogens with one attached hydrogen (secondary N) is 1. The van der Waals surface area contributed by atoms with Crippen LogP contribution in [-0.2, 0) is 10.4 Å². The fourth-order valence-corrected chi connectivity index (χ4v) is 3.01. The van der Waals surface area contributed by atoms with E-state index < -0.39 is 5.60 Å². The van der Waals surface area contributed by atoms with Gasteiger partial charge in [-0.2, -0.15) is 0 Å². The Morgan fingerprint density at radius 1 is 1.30 bits per heavy atom. The van der Waals surface area contributed by atoms with Gasteiger partial charge in [0, 0.05) is 16.5 Å². The van der Waals surface area contributed by atoms with Crippen LogP contribution in [0.25, 0.3) is 6.08 Å². The lowest BCUT2D eigenvalue weighted by atomic mass is 9.94. The number of rotatable bonds is 6. The highest BCUT2D eigenvalue weighted by molar-refractivity contribution is 7.10. The molecule has 5 nitrogen and oxygen atoms in total. The molecule has 0 fully saturated rings. The van der Waals surface area contributed by atoms with Crippen LogP contribution in [0.15, 0.2) is 69.4 Å². The van der Waals surface area contributed by atoms with Gasteiger partial charge >= 0.3 is 0 Å². The summed E-state index contributed by atoms with van der Waals surface area (Å²) < 4.78 is 10.2. The van der Waals surface area contributed by atoms with Crippen molar-refractivity contribution in [1.29, 1.82) is 0 Å². The molecule has 0 saturated heterocycles. The van der Waals surface area contributed by atoms with Gasteiger partial charge in [-0.3, -0.25) is 4.79 Å². The number of thiophene rings is 1. The van der Waals surface area contributed by atoms with Gasteiger partial charge in [-0.25, -0.2) is 0 Å². The summed E-state index contributed by atoms with van der Waals surface area (Å²) in [7, 11) is 0. The number of aliphatic hydroxyl groups is 1. The quantitative estimate of drug-likeness (QED) is 0.682. The number of carbonyl (C=O) groups is 1. The molecule has 3 aromatic heterocycles. The number of amides is 1. The Balaban J connectivity index is 1.71. The van der Waals surface area contributed by atoms with Crippen LogP contribution in [0.3, 0.4) is 0 Å². The van der Waals surface area contributed by atoms with E-state index in [1.807, 2.05) is 17.5 Å². The number of furan rings is 2. The fraction of sp³-hybridized carbons (Fsp3) is 0.118. The van der Waals surface area contributed by atoms with E-state index in [0.717, 1.165) is 4.88 Å². The van der Waals surface area contributed by atoms with Crippen LogP contribution in [0.1, 0.15) is 16.2 Å². The summed E-state index contributed by atoms with van der Waals surface area (Å²) in [5, 5.41) is 15.6. The van der Waals surface area contributed by atoms with Crippen molar-refractivity contribution in [2.75, 3.05) is 6.54 Å². The van der Waals surface area contributed by atoms with Gasteiger partial charge in [-0.15, -0.1) is 11.3 Å². The Morgan fingerprint density at radius 2 is 2.22 bits per heavy atom. The van der Waals surface area contributed by atoms with Crippen LogP contribution in [-0.4, -0.2) is 17.6 Å². The van der Waals surface area contributed by atoms with Gasteiger partial charge in [-0.05, 0) is 35.7 Å². The normalized spacial score (nSPS) is 14.0. The molecule has 0 spiro atoms. The summed E-state index contributed by atoms with van der Waals surface area (Å²) in [4.78, 5) is 12.7. The topological polar surface area (TPSA) is 75.6 Å². The van der Waals surface area contributed by atoms with Crippen molar-refractivity contribution in [3.05, 3.63) is 76.8 Å². The first-order chi connectivity index (χ1) is 11.2. The second kappa shape index (κ2) is 6.68. The minimum Gasteiger partial charge on any atom is -0.472 e. The molecule has 0 aliphatic rings. The molecule has 0 radical (unpaired) electrons. The van der Waals surface area contributed by atoms with E-state index in [9.17, 15) is 9.90 Å². The van der Waals surface area contributed by atoms with Crippen LogP contribution in [0.4, 0.5) is 0 Å². The van der Waals surface area contributed by atoms with E-state index in [2.05, 4.69) is 5.32 Å². The first-order valence-corrected chi connectivity index (χ1v) is 7.85. The van der Waals surface area contributed by atoms with Crippen LogP contribution >= 0.6 is 11.3 Å². The minimum absolute atomic E-state index is 0.0361. The summed E-state index contributed by atoms with van der Waals surface area (Å²) in [6, 6.07) is 8.85. The maximum atomic E-state index is 12.0. The van der Waals surface area contributed by atoms with Gasteiger partial charge in [0.25, 0.3) is 0 Å². The van der Waals surface area contributed by atoms with E-state index in [0.29, 0.717) is 11.3 Å². The maximum Gasteiger partial charge on any atom is 0.244 e. The van der Waals surface area contributed by atoms with Crippen molar-refractivity contribution in [2.24, 2.45) is 0 Å². The lowest BCUT2D eigenvalue weighted by Crippen LogP contribution is -2.40. The van der Waals surface area contributed by atoms with Crippen molar-refractivity contribution in [2.45, 2.75) is 5.60 Å². The van der Waals surface area contributed by atoms with E-state index >= 15 is 0 Å². The van der Waals surface area contributed by atoms with Crippen molar-refractivity contribution in [1.82, 2.24) is 5.32 Å². The summed E-state index contributed by atoms with van der Waals surface area (Å²) in [5.74, 6) is 0.267. The highest BCUT2D eigenvalue weighted by Gasteiger charge is 2.34. The van der Waals surface area contributed by atoms with Gasteiger partial charge in [0.1, 0.15) is 11.4 Å². The number of hydrogen-bond donors (Lipinski definition) is 2. The Bertz CT molecular complexity index is 724. The molecular weight excluding hydrogens is 314 g/mol. The Labute approximate surface area is 136 Å². The van der Waals surface area contributed by atoms with Gasteiger partial charge in [0.2, 0.25) is 5.91 Å². The van der Waals surface area contributed by atoms with E-state index in [4.69, 9.17) is 8.83 Å². The maximum absolute atomic E-state index is 12.0. The molecule has 0 aliphatic carbocycles. The Morgan fingerprint density at radius 3 is 2.87 bits per heavy atom. The molecule has 3 aromatic rings. The second-order valence-electron chi connectivity index (χ2n) is 4.92. The molecule has 6 heteroatoms. The molecule has 0 saturated carbocycles. The number of hydrogen-bond acceptors (Lipinski definition) is 5. The lowest BCUT2D eigenvalue weighted by molar-refractivity contribution is -0.117. The highest BCUT2D eigenvalue weighted by atomic mass is 32.1. The molecule has 3 rings (SSSR count). The van der Waals surface area contributed by atoms with Crippen LogP contribution < -0.4 is 5.32 Å². The third-order valence-corrected chi connectivity index (χ3v) is 4.41. The monoisotopic (exact) mass is 329 g/mol. The molecule has 118 valence electrons. The van der Waals surface area contributed by atoms with Crippen LogP contribution in [0, 0.1) is 0 Å². The SMILES string of the molecule is O=C(/C=C/c1ccco1)NC[C@@](O)(c1ccoc1)c1cccs1. The third kappa shape index (κ3) is 3.44. The highest BCUT2D eigenvalue weighted by Crippen LogP contribution is 2.32. The third-order valence-electron chi connectivity index (χ3n) is 3.39. The van der Waals surface area contributed by atoms with Gasteiger partial charge in [0.05, 0.1) is 25.3 Å². The molecule has 0 aliphatic heterocycles. The van der Waals surface area contributed by atoms with Gasteiger partial charge in [-0.1, -0.05) is 6.07 Å². The zero-order valence-electron chi connectivity index (χ0n) is 12.1. The molecular formula is C17H15NO4S. The van der Waals surface area contributed by atoms with Gasteiger partial charge in [0.15, 0.2) is 0 Å². The summed E-state index contributed by atoms with van der Waals surface area (Å²) in [6.45, 7) is 0.0361. The average molecular weight is 329 g/mol. The molecule has 23 heavy (non-hydrogen) atoms. The first-order valence-electron chi connectivity index (χ1n) is 6.97. The summed E-state index contributed by atoms with van der Waals surface area (Å²) in [5.41, 5.74) is -0.731. The second-order valence-corrected chi connectivity index (χ2v) is 5.86. The van der Waals surface area contributed by atoms with E-state index in [1.54, 1.807) is 24.3 Å². The molecule has 1 amide bonds. The van der Waals surface area contributed by atoms with E-state index in [1.165, 1.54) is 36.2 Å². The predicted octanol–water partition coefficient (Wildman–Crippen LogP) is 3.00. The first kappa shape index (κ1) is 15.3. The van der Waals surface area contributed by atoms with Crippen molar-refractivity contribution in [3.8, 4) is 0 Å². The van der Waals surface area contributed by atoms with Crippen LogP contribution in [0.5, 0.6) is 0 Å². The molecule has 3 heterocycles. The zero-order valence-corrected chi connectivity index (χ0v) is 13.0. The smallest absolute Gasteiger partial charge is 0.244 e. The standard InChI is InChI=1S/C17H15NO4S/c19-16(6-5-14-3-1-8-22-14)18-12-17(20,13-7-9-21-11-13)15-4-2-10-23-15/h1-11,20H,12H2,(H,18,19)/b6-5+/t17-/m1/s1. The zero-order chi connectivity index (χ0) is 16.1. The lowest BCUT2D eigenvalue weighted by Gasteiger charge is -2.26. The summed E-state index contributed by atoms with van der Waals surface area (Å²) in [6.07, 6.45) is 7.43. The molecule has 0 bridgehead atoms. The predicted molar refractivity (Wildman–Crippen MR) is 86.8 cm³/mol. The largest absolute Gasteiger partial charge is 0.472 e. The average Bonchev–Trinajstić information content (AvgIpc) is 3.33. The molecule has 2 N–H and O–H groups in total. The molecule has 0 aromatic carbocycles. The summed E-state index contributed by atoms with van der Waals surface area (Å²) >= 11 is 1.42. The number of carbonyl (C=O) groups excluding carboxylic acids is 1. The Kier molecular flexibility index (Phi) is 4.45. The van der Waals surface area contributed by atoms with Crippen molar-refractivity contribution in [3.63, 3.8) is 0 Å². The Hall–Kier alpha value is -2.57. The molecule has 1 atom stereocenters. The van der Waals surface area contributed by atoms with Gasteiger partial charge < -0.3 is 19.3 Å². The molecule has 0 unspecified atom stereocenters. The fourth-order valence-electron chi connectivity index (χ4n) is 2.16.